The van der Waals surface area contributed by atoms with Crippen LogP contribution in [0.5, 0.6) is 0 Å². The number of rotatable bonds is 34. The van der Waals surface area contributed by atoms with Gasteiger partial charge >= 0.3 is 12.1 Å². The third kappa shape index (κ3) is 19.8. The van der Waals surface area contributed by atoms with Crippen molar-refractivity contribution in [2.24, 2.45) is 58.8 Å². The molecule has 7 N–H and O–H groups in total. The van der Waals surface area contributed by atoms with Crippen LogP contribution < -0.4 is 22.1 Å². The van der Waals surface area contributed by atoms with E-state index in [4.69, 9.17) is 25.7 Å². The first-order valence-electron chi connectivity index (χ1n) is 28.7. The molecule has 12 atom stereocenters. The van der Waals surface area contributed by atoms with Gasteiger partial charge in [-0.1, -0.05) is 118 Å². The van der Waals surface area contributed by atoms with E-state index in [0.717, 1.165) is 12.0 Å². The zero-order valence-electron chi connectivity index (χ0n) is 50.3. The van der Waals surface area contributed by atoms with Gasteiger partial charge in [0.05, 0.1) is 48.9 Å². The Morgan fingerprint density at radius 3 is 1.95 bits per heavy atom. The van der Waals surface area contributed by atoms with Gasteiger partial charge in [-0.2, -0.15) is 0 Å². The van der Waals surface area contributed by atoms with Crippen molar-refractivity contribution in [1.29, 1.82) is 0 Å². The predicted octanol–water partition coefficient (Wildman–Crippen LogP) is 7.71. The second kappa shape index (κ2) is 33.2. The Labute approximate surface area is 476 Å². The number of ketones is 3. The van der Waals surface area contributed by atoms with Crippen LogP contribution in [0.4, 0.5) is 15.3 Å². The second-order valence-electron chi connectivity index (χ2n) is 23.2. The van der Waals surface area contributed by atoms with E-state index in [-0.39, 0.29) is 110 Å². The van der Waals surface area contributed by atoms with Crippen LogP contribution in [0.25, 0.3) is 0 Å². The molecule has 1 heterocycles. The second-order valence-corrected chi connectivity index (χ2v) is 23.2. The summed E-state index contributed by atoms with van der Waals surface area (Å²) >= 11 is 0. The zero-order chi connectivity index (χ0) is 60.1. The number of primary amides is 1. The minimum Gasteiger partial charge on any atom is -0.445 e. The van der Waals surface area contributed by atoms with E-state index in [9.17, 15) is 43.5 Å². The maximum Gasteiger partial charge on any atom is 0.410 e. The third-order valence-corrected chi connectivity index (χ3v) is 16.3. The number of nitrogens with two attached hydrogens (primary N) is 2. The number of carbonyl (C=O) groups excluding carboxylic acids is 8. The standard InChI is InChI=1S/C61H97N7O12/c1-15-39(8)55(51(78-13)34-52(72)68-30-20-24-47(68)57(79-14)41(10)48(69)31-40(9)56(73)43-21-17-16-18-22-43)66(11)59(75)46(36(2)3)33-50(71)54(38(6)7)67(12)61(77)80-35-42-25-27-45(28-26-42)65-58(74)44(23-19-29-64-60(63)76)32-49(70)53(62)37(4)5/h16-18,21-22,25-28,36-41,44,46-47,51,53-57,73H,15,19-20,23-24,29-35,62H2,1-14H3,(H,65,74)(H3,63,64,76)/t39?,40-,41-,44+,46-,47-,51?,53-,54-,55-,56+,57+/m0/s1. The molecule has 2 aromatic rings. The van der Waals surface area contributed by atoms with E-state index in [1.54, 1.807) is 48.2 Å². The molecule has 0 aliphatic carbocycles. The van der Waals surface area contributed by atoms with Gasteiger partial charge in [-0.25, -0.2) is 9.59 Å². The Kier molecular flexibility index (Phi) is 28.5. The average molecular weight is 1120 g/mol. The maximum atomic E-state index is 14.8. The Hall–Kier alpha value is -5.76. The number of Topliss-reactive ketones (excluding diaryl/α,β-unsaturated/α-hetero) is 3. The van der Waals surface area contributed by atoms with Crippen molar-refractivity contribution in [3.8, 4) is 0 Å². The van der Waals surface area contributed by atoms with Gasteiger partial charge in [0, 0.05) is 84.1 Å². The third-order valence-electron chi connectivity index (χ3n) is 16.3. The SMILES string of the molecule is CCC(C)[C@@H](C(CC(=O)N1CCC[C@H]1[C@H](OC)[C@@H](C)C(=O)C[C@H](C)[C@@H](O)c1ccccc1)OC)N(C)C(=O)[C@@H](CC(=O)[C@H](C(C)C)N(C)C(=O)OCc1ccc(NC(=O)[C@H](CCCNC(N)=O)CC(=O)[C@@H](N)C(C)C)cc1)C(C)C. The van der Waals surface area contributed by atoms with Gasteiger partial charge in [-0.15, -0.1) is 0 Å². The van der Waals surface area contributed by atoms with Crippen LogP contribution in [-0.4, -0.2) is 145 Å². The van der Waals surface area contributed by atoms with Gasteiger partial charge < -0.3 is 56.1 Å². The number of hydrogen-bond donors (Lipinski definition) is 5. The fourth-order valence-electron chi connectivity index (χ4n) is 11.1. The number of carbonyl (C=O) groups is 8. The van der Waals surface area contributed by atoms with E-state index in [1.165, 1.54) is 19.1 Å². The highest BCUT2D eigenvalue weighted by molar-refractivity contribution is 5.96. The number of benzene rings is 2. The largest absolute Gasteiger partial charge is 0.445 e. The van der Waals surface area contributed by atoms with E-state index in [0.29, 0.717) is 43.5 Å². The maximum absolute atomic E-state index is 14.8. The lowest BCUT2D eigenvalue weighted by Gasteiger charge is -2.41. The fourth-order valence-corrected chi connectivity index (χ4v) is 11.1. The molecule has 2 aromatic carbocycles. The highest BCUT2D eigenvalue weighted by Crippen LogP contribution is 2.33. The number of anilines is 1. The van der Waals surface area contributed by atoms with Crippen molar-refractivity contribution in [2.75, 3.05) is 46.7 Å². The summed E-state index contributed by atoms with van der Waals surface area (Å²) in [4.78, 5) is 113. The summed E-state index contributed by atoms with van der Waals surface area (Å²) in [5.74, 6) is -4.67. The number of likely N-dealkylation sites (N-methyl/N-ethyl adjacent to an activating group) is 2. The molecule has 0 bridgehead atoms. The van der Waals surface area contributed by atoms with Crippen molar-refractivity contribution >= 4 is 52.9 Å². The first-order valence-corrected chi connectivity index (χ1v) is 28.7. The Balaban J connectivity index is 1.70. The summed E-state index contributed by atoms with van der Waals surface area (Å²) in [7, 11) is 6.28. The van der Waals surface area contributed by atoms with E-state index < -0.39 is 66.3 Å². The molecule has 448 valence electrons. The predicted molar refractivity (Wildman–Crippen MR) is 309 cm³/mol. The first-order chi connectivity index (χ1) is 37.7. The van der Waals surface area contributed by atoms with Crippen LogP contribution in [0, 0.1) is 47.3 Å². The molecule has 0 aromatic heterocycles. The van der Waals surface area contributed by atoms with Gasteiger partial charge in [0.2, 0.25) is 17.7 Å². The molecule has 1 saturated heterocycles. The number of likely N-dealkylation sites (tertiary alicyclic amines) is 1. The van der Waals surface area contributed by atoms with Gasteiger partial charge in [0.1, 0.15) is 12.4 Å². The first kappa shape index (κ1) is 68.5. The summed E-state index contributed by atoms with van der Waals surface area (Å²) in [6.45, 7) is 19.3. The minimum atomic E-state index is -0.928. The number of hydrogen-bond acceptors (Lipinski definition) is 13. The van der Waals surface area contributed by atoms with Gasteiger partial charge in [-0.05, 0) is 78.5 Å². The lowest BCUT2D eigenvalue weighted by Crippen LogP contribution is -2.54. The summed E-state index contributed by atoms with van der Waals surface area (Å²) in [5.41, 5.74) is 13.1. The van der Waals surface area contributed by atoms with Crippen molar-refractivity contribution < 1.29 is 57.7 Å². The van der Waals surface area contributed by atoms with E-state index in [1.807, 2.05) is 99.6 Å². The Morgan fingerprint density at radius 2 is 1.40 bits per heavy atom. The van der Waals surface area contributed by atoms with Crippen LogP contribution in [-0.2, 0) is 49.6 Å². The van der Waals surface area contributed by atoms with Gasteiger partial charge in [0.25, 0.3) is 0 Å². The monoisotopic (exact) mass is 1120 g/mol. The zero-order valence-corrected chi connectivity index (χ0v) is 50.3. The topological polar surface area (TPSA) is 270 Å². The van der Waals surface area contributed by atoms with Crippen molar-refractivity contribution in [1.82, 2.24) is 20.0 Å². The van der Waals surface area contributed by atoms with Crippen LogP contribution in [0.1, 0.15) is 144 Å². The number of urea groups is 1. The number of amides is 6. The molecule has 1 aliphatic heterocycles. The fraction of sp³-hybridized carbons (Fsp3) is 0.672. The van der Waals surface area contributed by atoms with Crippen LogP contribution >= 0.6 is 0 Å². The summed E-state index contributed by atoms with van der Waals surface area (Å²) < 4.78 is 17.8. The van der Waals surface area contributed by atoms with E-state index in [2.05, 4.69) is 10.6 Å². The molecule has 0 saturated carbocycles. The Bertz CT molecular complexity index is 2320. The van der Waals surface area contributed by atoms with Crippen LogP contribution in [0.3, 0.4) is 0 Å². The van der Waals surface area contributed by atoms with Crippen molar-refractivity contribution in [3.05, 3.63) is 65.7 Å². The number of nitrogens with one attached hydrogen (secondary N) is 2. The minimum absolute atomic E-state index is 0.0364. The van der Waals surface area contributed by atoms with Gasteiger partial charge in [0.15, 0.2) is 11.6 Å². The summed E-state index contributed by atoms with van der Waals surface area (Å²) in [5, 5.41) is 16.3. The molecule has 2 unspecified atom stereocenters. The number of aliphatic hydroxyl groups excluding tert-OH is 1. The lowest BCUT2D eigenvalue weighted by molar-refractivity contribution is -0.149. The average Bonchev–Trinajstić information content (AvgIpc) is 3.91. The van der Waals surface area contributed by atoms with Gasteiger partial charge in [-0.3, -0.25) is 28.8 Å². The van der Waals surface area contributed by atoms with E-state index >= 15 is 0 Å². The molecule has 1 aliphatic rings. The molecule has 0 spiro atoms. The smallest absolute Gasteiger partial charge is 0.410 e. The number of ether oxygens (including phenoxy) is 3. The molecule has 0 radical (unpaired) electrons. The number of nitrogens with zero attached hydrogens (tertiary/aromatic N) is 3. The van der Waals surface area contributed by atoms with Crippen LogP contribution in [0.2, 0.25) is 0 Å². The summed E-state index contributed by atoms with van der Waals surface area (Å²) in [6.07, 6.45) is -0.218. The molecule has 80 heavy (non-hydrogen) atoms. The molecule has 3 rings (SSSR count). The highest BCUT2D eigenvalue weighted by Gasteiger charge is 2.44. The molecule has 19 nitrogen and oxygen atoms in total. The van der Waals surface area contributed by atoms with Crippen molar-refractivity contribution in [3.63, 3.8) is 0 Å². The molecule has 6 amide bonds. The molecule has 19 heteroatoms. The Morgan fingerprint density at radius 1 is 0.762 bits per heavy atom. The molecule has 1 fully saturated rings. The molecular weight excluding hydrogens is 1020 g/mol. The molecular formula is C61H97N7O12. The lowest BCUT2D eigenvalue weighted by atomic mass is 9.83. The summed E-state index contributed by atoms with van der Waals surface area (Å²) in [6, 6.07) is 12.7. The number of aliphatic hydroxyl groups is 1. The van der Waals surface area contributed by atoms with Crippen LogP contribution in [0.15, 0.2) is 54.6 Å². The van der Waals surface area contributed by atoms with Crippen molar-refractivity contribution in [2.45, 2.75) is 176 Å². The highest BCUT2D eigenvalue weighted by atomic mass is 16.6. The quantitative estimate of drug-likeness (QED) is 0.0421. The normalized spacial score (nSPS) is 17.7. The number of methoxy groups -OCH3 is 2.